The molecule has 1 N–H and O–H groups in total. The number of hydrogen-bond acceptors (Lipinski definition) is 4. The minimum Gasteiger partial charge on any atom is -0.394 e. The molecule has 3 heterocycles. The summed E-state index contributed by atoms with van der Waals surface area (Å²) in [5.74, 6) is 0.242. The molecule has 2 amide bonds. The van der Waals surface area contributed by atoms with Gasteiger partial charge in [-0.2, -0.15) is 0 Å². The quantitative estimate of drug-likeness (QED) is 0.367. The lowest BCUT2D eigenvalue weighted by Gasteiger charge is -2.30. The number of aliphatic hydroxyl groups is 1. The van der Waals surface area contributed by atoms with Crippen molar-refractivity contribution in [1.29, 1.82) is 0 Å². The monoisotopic (exact) mass is 532 g/mol. The molecule has 4 rings (SSSR count). The number of anilines is 1. The van der Waals surface area contributed by atoms with E-state index < -0.39 is 14.5 Å². The molecular weight excluding hydrogens is 487 g/mol. The number of hydrogen-bond donors (Lipinski definition) is 1. The summed E-state index contributed by atoms with van der Waals surface area (Å²) >= 11 is 0. The van der Waals surface area contributed by atoms with E-state index in [9.17, 15) is 14.7 Å². The summed E-state index contributed by atoms with van der Waals surface area (Å²) in [4.78, 5) is 29.3. The van der Waals surface area contributed by atoms with Crippen LogP contribution in [-0.4, -0.2) is 68.2 Å². The first kappa shape index (κ1) is 28.2. The van der Waals surface area contributed by atoms with Crippen LogP contribution < -0.4 is 4.90 Å². The molecular formula is C29H45FN2O4Si. The first-order valence-electron chi connectivity index (χ1n) is 14.3. The molecule has 1 aromatic rings. The number of carbonyl (C=O) groups excluding carboxylic acids is 2. The summed E-state index contributed by atoms with van der Waals surface area (Å²) in [5, 5.41) is 9.62. The summed E-state index contributed by atoms with van der Waals surface area (Å²) < 4.78 is 21.9. The van der Waals surface area contributed by atoms with Crippen molar-refractivity contribution < 1.29 is 23.5 Å². The van der Waals surface area contributed by atoms with E-state index in [0.717, 1.165) is 57.2 Å². The van der Waals surface area contributed by atoms with Crippen LogP contribution in [0.1, 0.15) is 70.3 Å². The van der Waals surface area contributed by atoms with Gasteiger partial charge >= 0.3 is 0 Å². The first-order valence-corrected chi connectivity index (χ1v) is 17.3. The average molecular weight is 533 g/mol. The fourth-order valence-corrected chi connectivity index (χ4v) is 9.35. The summed E-state index contributed by atoms with van der Waals surface area (Å²) in [6.45, 7) is 6.97. The van der Waals surface area contributed by atoms with E-state index in [1.54, 1.807) is 18.0 Å². The number of likely N-dealkylation sites (tertiary alicyclic amines) is 1. The Kier molecular flexibility index (Phi) is 9.46. The van der Waals surface area contributed by atoms with E-state index in [0.29, 0.717) is 13.0 Å². The highest BCUT2D eigenvalue weighted by Crippen LogP contribution is 2.47. The van der Waals surface area contributed by atoms with Gasteiger partial charge in [0.15, 0.2) is 0 Å². The normalized spacial score (nSPS) is 29.4. The van der Waals surface area contributed by atoms with E-state index >= 15 is 4.11 Å². The second kappa shape index (κ2) is 12.4. The molecule has 0 saturated carbocycles. The second-order valence-electron chi connectivity index (χ2n) is 11.8. The predicted octanol–water partition coefficient (Wildman–Crippen LogP) is 5.24. The van der Waals surface area contributed by atoms with Crippen LogP contribution in [0.25, 0.3) is 0 Å². The molecule has 206 valence electrons. The number of amides is 2. The van der Waals surface area contributed by atoms with Crippen LogP contribution in [0.2, 0.25) is 18.6 Å². The van der Waals surface area contributed by atoms with Gasteiger partial charge in [-0.25, -0.2) is 0 Å². The zero-order chi connectivity index (χ0) is 26.6. The molecule has 3 aliphatic heterocycles. The van der Waals surface area contributed by atoms with Crippen LogP contribution in [-0.2, 0) is 20.7 Å². The molecule has 0 bridgehead atoms. The van der Waals surface area contributed by atoms with E-state index in [2.05, 4.69) is 19.1 Å². The largest absolute Gasteiger partial charge is 0.394 e. The highest BCUT2D eigenvalue weighted by atomic mass is 28.4. The van der Waals surface area contributed by atoms with Crippen molar-refractivity contribution in [3.63, 3.8) is 0 Å². The average Bonchev–Trinajstić information content (AvgIpc) is 3.45. The maximum Gasteiger partial charge on any atom is 0.246 e. The lowest BCUT2D eigenvalue weighted by atomic mass is 9.95. The molecule has 5 atom stereocenters. The van der Waals surface area contributed by atoms with Crippen LogP contribution in [0.3, 0.4) is 0 Å². The molecule has 6 nitrogen and oxygen atoms in total. The Hall–Kier alpha value is -1.77. The standard InChI is InChI=1S/C29H45FN2O4Si/c1-21-25(16-13-22-11-14-23(15-12-22)31-17-7-5-4-6-10-27(31)34)36-26(29(21)37(2,3)30)19-28(35)32-18-8-9-24(32)20-33/h11-12,14-15,21,24-26,29,33H,4-10,13,16-20H2,1-3H3/t21-,24-,25+,26-,29+/m0/s1. The van der Waals surface area contributed by atoms with Crippen LogP contribution >= 0.6 is 0 Å². The number of rotatable bonds is 8. The van der Waals surface area contributed by atoms with Crippen LogP contribution in [0.4, 0.5) is 9.80 Å². The van der Waals surface area contributed by atoms with Gasteiger partial charge in [-0.1, -0.05) is 31.9 Å². The highest BCUT2D eigenvalue weighted by Gasteiger charge is 2.52. The number of aryl methyl sites for hydroxylation is 1. The number of ether oxygens (including phenoxy) is 1. The van der Waals surface area contributed by atoms with Gasteiger partial charge < -0.3 is 23.8 Å². The number of halogens is 1. The summed E-state index contributed by atoms with van der Waals surface area (Å²) in [6, 6.07) is 8.16. The number of benzene rings is 1. The van der Waals surface area contributed by atoms with Crippen molar-refractivity contribution in [3.05, 3.63) is 29.8 Å². The van der Waals surface area contributed by atoms with Crippen molar-refractivity contribution in [2.45, 2.75) is 108 Å². The molecule has 3 fully saturated rings. The van der Waals surface area contributed by atoms with Crippen LogP contribution in [0, 0.1) is 5.92 Å². The number of aliphatic hydroxyl groups excluding tert-OH is 1. The minimum atomic E-state index is -3.06. The molecule has 3 saturated heterocycles. The smallest absolute Gasteiger partial charge is 0.246 e. The van der Waals surface area contributed by atoms with Gasteiger partial charge in [-0.15, -0.1) is 0 Å². The van der Waals surface area contributed by atoms with Crippen LogP contribution in [0.15, 0.2) is 24.3 Å². The van der Waals surface area contributed by atoms with Gasteiger partial charge in [-0.05, 0) is 75.2 Å². The summed E-state index contributed by atoms with van der Waals surface area (Å²) in [5.41, 5.74) is 1.92. The van der Waals surface area contributed by atoms with Gasteiger partial charge in [0.1, 0.15) is 0 Å². The minimum absolute atomic E-state index is 0.0201. The predicted molar refractivity (Wildman–Crippen MR) is 147 cm³/mol. The van der Waals surface area contributed by atoms with Crippen LogP contribution in [0.5, 0.6) is 0 Å². The second-order valence-corrected chi connectivity index (χ2v) is 15.6. The molecule has 0 spiro atoms. The van der Waals surface area contributed by atoms with E-state index in [4.69, 9.17) is 4.74 Å². The van der Waals surface area contributed by atoms with Gasteiger partial charge in [0.05, 0.1) is 31.3 Å². The van der Waals surface area contributed by atoms with Crippen molar-refractivity contribution >= 4 is 25.9 Å². The van der Waals surface area contributed by atoms with Crippen molar-refractivity contribution in [1.82, 2.24) is 4.90 Å². The molecule has 0 aromatic heterocycles. The van der Waals surface area contributed by atoms with Crippen molar-refractivity contribution in [2.24, 2.45) is 5.92 Å². The third-order valence-corrected chi connectivity index (χ3v) is 11.3. The Morgan fingerprint density at radius 3 is 2.51 bits per heavy atom. The zero-order valence-corrected chi connectivity index (χ0v) is 23.8. The fourth-order valence-electron chi connectivity index (χ4n) is 6.80. The number of nitrogens with zero attached hydrogens (tertiary/aromatic N) is 2. The Morgan fingerprint density at radius 1 is 1.08 bits per heavy atom. The summed E-state index contributed by atoms with van der Waals surface area (Å²) in [6.07, 6.45) is 7.96. The van der Waals surface area contributed by atoms with Crippen molar-refractivity contribution in [2.75, 3.05) is 24.6 Å². The maximum atomic E-state index is 15.5. The van der Waals surface area contributed by atoms with Gasteiger partial charge in [-0.3, -0.25) is 9.59 Å². The van der Waals surface area contributed by atoms with Gasteiger partial charge in [0.25, 0.3) is 0 Å². The molecule has 3 aliphatic rings. The lowest BCUT2D eigenvalue weighted by molar-refractivity contribution is -0.135. The molecule has 0 radical (unpaired) electrons. The van der Waals surface area contributed by atoms with E-state index in [1.165, 1.54) is 12.0 Å². The maximum absolute atomic E-state index is 15.5. The third kappa shape index (κ3) is 6.81. The molecule has 1 aromatic carbocycles. The topological polar surface area (TPSA) is 70.1 Å². The summed E-state index contributed by atoms with van der Waals surface area (Å²) in [7, 11) is -3.06. The zero-order valence-electron chi connectivity index (χ0n) is 22.8. The molecule has 37 heavy (non-hydrogen) atoms. The molecule has 0 unspecified atom stereocenters. The fraction of sp³-hybridized carbons (Fsp3) is 0.724. The molecule has 8 heteroatoms. The van der Waals surface area contributed by atoms with Gasteiger partial charge in [0.2, 0.25) is 20.2 Å². The Bertz CT molecular complexity index is 921. The first-order chi connectivity index (χ1) is 17.7. The van der Waals surface area contributed by atoms with E-state index in [1.807, 2.05) is 17.0 Å². The number of carbonyl (C=O) groups is 2. The SMILES string of the molecule is C[C@@H]1[C@@H]([Si](C)(C)F)[C@H](CC(=O)N2CCC[C@H]2CO)O[C@@H]1CCc1ccc(N2CCCCCCC2=O)cc1. The van der Waals surface area contributed by atoms with E-state index in [-0.39, 0.29) is 48.4 Å². The Balaban J connectivity index is 1.37. The van der Waals surface area contributed by atoms with Crippen molar-refractivity contribution in [3.8, 4) is 0 Å². The lowest BCUT2D eigenvalue weighted by Crippen LogP contribution is -2.42. The Labute approximate surface area is 222 Å². The highest BCUT2D eigenvalue weighted by molar-refractivity contribution is 6.72. The third-order valence-electron chi connectivity index (χ3n) is 8.77. The van der Waals surface area contributed by atoms with Gasteiger partial charge in [0, 0.05) is 30.7 Å². The molecule has 0 aliphatic carbocycles. The Morgan fingerprint density at radius 2 is 1.81 bits per heavy atom.